The summed E-state index contributed by atoms with van der Waals surface area (Å²) in [7, 11) is -1.25. The van der Waals surface area contributed by atoms with Crippen molar-refractivity contribution in [2.75, 3.05) is 24.8 Å². The van der Waals surface area contributed by atoms with Gasteiger partial charge in [0, 0.05) is 0 Å². The van der Waals surface area contributed by atoms with E-state index in [1.165, 1.54) is 39.5 Å². The van der Waals surface area contributed by atoms with Crippen LogP contribution in [0.3, 0.4) is 0 Å². The lowest BCUT2D eigenvalue weighted by atomic mass is 10.2. The molecule has 0 aliphatic rings. The van der Waals surface area contributed by atoms with Crippen molar-refractivity contribution >= 4 is 34.0 Å². The zero-order valence-electron chi connectivity index (χ0n) is 21.2. The third-order valence-electron chi connectivity index (χ3n) is 5.09. The molecule has 200 valence electrons. The van der Waals surface area contributed by atoms with E-state index in [9.17, 15) is 18.0 Å². The van der Waals surface area contributed by atoms with Crippen LogP contribution in [-0.4, -0.2) is 53.2 Å². The fourth-order valence-electron chi connectivity index (χ4n) is 3.34. The second-order valence-corrected chi connectivity index (χ2v) is 9.70. The van der Waals surface area contributed by atoms with Crippen molar-refractivity contribution in [2.45, 2.75) is 13.0 Å². The van der Waals surface area contributed by atoms with E-state index < -0.39 is 28.1 Å². The van der Waals surface area contributed by atoms with Gasteiger partial charge in [-0.1, -0.05) is 18.2 Å². The van der Waals surface area contributed by atoms with Crippen LogP contribution in [0.25, 0.3) is 0 Å². The predicted octanol–water partition coefficient (Wildman–Crippen LogP) is 3.94. The number of carbonyl (C=O) groups excluding carboxylic acids is 2. The maximum absolute atomic E-state index is 12.8. The second kappa shape index (κ2) is 12.6. The molecular weight excluding hydrogens is 514 g/mol. The van der Waals surface area contributed by atoms with Gasteiger partial charge >= 0.3 is 6.16 Å². The number of rotatable bonds is 10. The summed E-state index contributed by atoms with van der Waals surface area (Å²) in [4.78, 5) is 24.1. The summed E-state index contributed by atoms with van der Waals surface area (Å²) in [6, 6.07) is 18.9. The Balaban J connectivity index is 1.70. The number of amides is 1. The highest BCUT2D eigenvalue weighted by Gasteiger charge is 2.29. The molecule has 0 aliphatic carbocycles. The first kappa shape index (κ1) is 28.0. The molecule has 38 heavy (non-hydrogen) atoms. The van der Waals surface area contributed by atoms with Crippen LogP contribution in [0.1, 0.15) is 12.5 Å². The third kappa shape index (κ3) is 7.46. The monoisotopic (exact) mass is 541 g/mol. The van der Waals surface area contributed by atoms with Crippen LogP contribution in [0.5, 0.6) is 23.0 Å². The fraction of sp³-hybridized carbons (Fsp3) is 0.192. The fourth-order valence-corrected chi connectivity index (χ4v) is 4.51. The molecule has 0 spiro atoms. The highest BCUT2D eigenvalue weighted by atomic mass is 32.2. The van der Waals surface area contributed by atoms with Gasteiger partial charge in [0.15, 0.2) is 11.5 Å². The van der Waals surface area contributed by atoms with Gasteiger partial charge in [-0.2, -0.15) is 5.10 Å². The molecule has 11 nitrogen and oxygen atoms in total. The lowest BCUT2D eigenvalue weighted by Gasteiger charge is -2.27. The molecule has 0 fully saturated rings. The van der Waals surface area contributed by atoms with E-state index in [0.717, 1.165) is 10.6 Å². The molecule has 1 amide bonds. The number of benzene rings is 3. The molecule has 0 saturated heterocycles. The Morgan fingerprint density at radius 3 is 2.21 bits per heavy atom. The molecule has 12 heteroatoms. The van der Waals surface area contributed by atoms with E-state index in [0.29, 0.717) is 17.1 Å². The second-order valence-electron chi connectivity index (χ2n) is 7.84. The summed E-state index contributed by atoms with van der Waals surface area (Å²) < 4.78 is 46.5. The molecule has 3 aromatic rings. The van der Waals surface area contributed by atoms with E-state index in [-0.39, 0.29) is 17.2 Å². The van der Waals surface area contributed by atoms with E-state index in [1.54, 1.807) is 42.5 Å². The van der Waals surface area contributed by atoms with Crippen molar-refractivity contribution in [2.24, 2.45) is 5.10 Å². The number of para-hydroxylation sites is 1. The van der Waals surface area contributed by atoms with Gasteiger partial charge in [-0.25, -0.2) is 18.6 Å². The van der Waals surface area contributed by atoms with Crippen molar-refractivity contribution in [3.63, 3.8) is 0 Å². The van der Waals surface area contributed by atoms with Gasteiger partial charge in [0.25, 0.3) is 5.91 Å². The highest BCUT2D eigenvalue weighted by molar-refractivity contribution is 7.92. The number of hydrogen-bond acceptors (Lipinski definition) is 9. The number of anilines is 1. The molecule has 3 aromatic carbocycles. The lowest BCUT2D eigenvalue weighted by Crippen LogP contribution is -2.46. The average molecular weight is 542 g/mol. The zero-order chi connectivity index (χ0) is 27.7. The summed E-state index contributed by atoms with van der Waals surface area (Å²) >= 11 is 0. The molecule has 3 rings (SSSR count). The molecule has 0 radical (unpaired) electrons. The smallest absolute Gasteiger partial charge is 0.493 e. The molecule has 1 atom stereocenters. The number of hydrogen-bond donors (Lipinski definition) is 1. The van der Waals surface area contributed by atoms with Crippen molar-refractivity contribution in [1.29, 1.82) is 0 Å². The van der Waals surface area contributed by atoms with Crippen LogP contribution in [0, 0.1) is 0 Å². The minimum absolute atomic E-state index is 0.137. The number of methoxy groups -OCH3 is 2. The highest BCUT2D eigenvalue weighted by Crippen LogP contribution is 2.28. The minimum atomic E-state index is -3.83. The van der Waals surface area contributed by atoms with Crippen LogP contribution in [-0.2, 0) is 19.6 Å². The molecule has 1 N–H and O–H groups in total. The molecule has 0 saturated carbocycles. The predicted molar refractivity (Wildman–Crippen MR) is 142 cm³/mol. The Morgan fingerprint density at radius 2 is 1.61 bits per heavy atom. The summed E-state index contributed by atoms with van der Waals surface area (Å²) in [5.74, 6) is 0.858. The number of ether oxygens (including phenoxy) is 4. The van der Waals surface area contributed by atoms with Crippen LogP contribution >= 0.6 is 0 Å². The van der Waals surface area contributed by atoms with Crippen LogP contribution in [0.2, 0.25) is 0 Å². The topological polar surface area (TPSA) is 133 Å². The number of nitrogens with zero attached hydrogens (tertiary/aromatic N) is 2. The lowest BCUT2D eigenvalue weighted by molar-refractivity contribution is -0.121. The van der Waals surface area contributed by atoms with Crippen LogP contribution < -0.4 is 23.9 Å². The SMILES string of the molecule is COC(=O)Oc1ccc(/C=N\NC(=O)[C@H](C)N(c2ccc(Oc3ccccc3)cc2)S(C)(=O)=O)cc1OC. The van der Waals surface area contributed by atoms with Crippen LogP contribution in [0.4, 0.5) is 10.5 Å². The third-order valence-corrected chi connectivity index (χ3v) is 6.34. The molecular formula is C26H27N3O8S. The Bertz CT molecular complexity index is 1390. The first-order valence-electron chi connectivity index (χ1n) is 11.2. The Hall–Kier alpha value is -4.58. The summed E-state index contributed by atoms with van der Waals surface area (Å²) in [6.45, 7) is 1.45. The minimum Gasteiger partial charge on any atom is -0.493 e. The Morgan fingerprint density at radius 1 is 0.947 bits per heavy atom. The largest absolute Gasteiger partial charge is 0.513 e. The quantitative estimate of drug-likeness (QED) is 0.177. The van der Waals surface area contributed by atoms with Gasteiger partial charge in [0.1, 0.15) is 17.5 Å². The molecule has 0 bridgehead atoms. The Kier molecular flexibility index (Phi) is 9.28. The van der Waals surface area contributed by atoms with Crippen molar-refractivity contribution in [3.8, 4) is 23.0 Å². The van der Waals surface area contributed by atoms with Gasteiger partial charge in [-0.3, -0.25) is 9.10 Å². The molecule has 0 aliphatic heterocycles. The van der Waals surface area contributed by atoms with E-state index in [1.807, 2.05) is 18.2 Å². The van der Waals surface area contributed by atoms with E-state index in [2.05, 4.69) is 15.3 Å². The first-order valence-corrected chi connectivity index (χ1v) is 13.1. The van der Waals surface area contributed by atoms with Crippen LogP contribution in [0.15, 0.2) is 77.9 Å². The number of sulfonamides is 1. The maximum atomic E-state index is 12.8. The van der Waals surface area contributed by atoms with Gasteiger partial charge in [0.05, 0.1) is 32.4 Å². The molecule has 0 aromatic heterocycles. The first-order chi connectivity index (χ1) is 18.1. The maximum Gasteiger partial charge on any atom is 0.513 e. The van der Waals surface area contributed by atoms with Crippen molar-refractivity contribution < 1.29 is 37.0 Å². The summed E-state index contributed by atoms with van der Waals surface area (Å²) in [6.07, 6.45) is 1.44. The normalized spacial score (nSPS) is 11.9. The van der Waals surface area contributed by atoms with Gasteiger partial charge in [-0.15, -0.1) is 0 Å². The number of nitrogens with one attached hydrogen (secondary N) is 1. The summed E-state index contributed by atoms with van der Waals surface area (Å²) in [5, 5.41) is 3.91. The summed E-state index contributed by atoms with van der Waals surface area (Å²) in [5.41, 5.74) is 3.14. The molecule has 0 unspecified atom stereocenters. The van der Waals surface area contributed by atoms with Crippen molar-refractivity contribution in [3.05, 3.63) is 78.4 Å². The van der Waals surface area contributed by atoms with Crippen molar-refractivity contribution in [1.82, 2.24) is 5.43 Å². The standard InChI is InChI=1S/C26H27N3O8S/c1-18(25(30)28-27-17-19-10-15-23(24(16-19)34-2)37-26(31)35-3)29(38(4,32)33)20-11-13-22(14-12-20)36-21-8-6-5-7-9-21/h5-18H,1-4H3,(H,28,30)/b27-17-/t18-/m0/s1. The number of carbonyl (C=O) groups is 2. The van der Waals surface area contributed by atoms with E-state index >= 15 is 0 Å². The van der Waals surface area contributed by atoms with Gasteiger partial charge in [0.2, 0.25) is 10.0 Å². The van der Waals surface area contributed by atoms with Gasteiger partial charge < -0.3 is 18.9 Å². The molecule has 0 heterocycles. The average Bonchev–Trinajstić information content (AvgIpc) is 2.90. The van der Waals surface area contributed by atoms with E-state index in [4.69, 9.17) is 14.2 Å². The number of hydrazone groups is 1. The van der Waals surface area contributed by atoms with Gasteiger partial charge in [-0.05, 0) is 67.1 Å². The Labute approximate surface area is 220 Å². The zero-order valence-corrected chi connectivity index (χ0v) is 22.0.